The minimum Gasteiger partial charge on any atom is -0.372 e. The first-order chi connectivity index (χ1) is 10.2. The van der Waals surface area contributed by atoms with Crippen LogP contribution in [0, 0.1) is 28.6 Å². The van der Waals surface area contributed by atoms with Gasteiger partial charge in [0.05, 0.1) is 6.07 Å². The summed E-state index contributed by atoms with van der Waals surface area (Å²) in [6, 6.07) is 16.9. The predicted octanol–water partition coefficient (Wildman–Crippen LogP) is 2.62. The summed E-state index contributed by atoms with van der Waals surface area (Å²) < 4.78 is 0. The van der Waals surface area contributed by atoms with Crippen LogP contribution in [0.15, 0.2) is 54.7 Å². The average Bonchev–Trinajstić information content (AvgIpc) is 3.36. The summed E-state index contributed by atoms with van der Waals surface area (Å²) in [6.07, 6.45) is 2.97. The molecule has 0 spiro atoms. The van der Waals surface area contributed by atoms with E-state index >= 15 is 0 Å². The molecular weight excluding hydrogens is 260 g/mol. The SMILES string of the molecule is N#CC1([C@@](O)(C#Cc2ccccn2)c2ccccc2)CC1. The molecule has 0 unspecified atom stereocenters. The number of hydrogen-bond donors (Lipinski definition) is 1. The van der Waals surface area contributed by atoms with Crippen molar-refractivity contribution in [2.45, 2.75) is 18.4 Å². The Kier molecular flexibility index (Phi) is 3.22. The number of benzene rings is 1. The lowest BCUT2D eigenvalue weighted by Crippen LogP contribution is -2.34. The van der Waals surface area contributed by atoms with Crippen molar-refractivity contribution in [3.63, 3.8) is 0 Å². The molecule has 1 N–H and O–H groups in total. The summed E-state index contributed by atoms with van der Waals surface area (Å²) in [4.78, 5) is 4.14. The molecule has 2 aromatic rings. The van der Waals surface area contributed by atoms with Crippen molar-refractivity contribution in [1.29, 1.82) is 5.26 Å². The fourth-order valence-corrected chi connectivity index (χ4v) is 2.42. The van der Waals surface area contributed by atoms with E-state index in [2.05, 4.69) is 22.9 Å². The maximum atomic E-state index is 11.1. The molecule has 1 heterocycles. The summed E-state index contributed by atoms with van der Waals surface area (Å²) in [6.45, 7) is 0. The Morgan fingerprint density at radius 3 is 2.38 bits per heavy atom. The smallest absolute Gasteiger partial charge is 0.169 e. The van der Waals surface area contributed by atoms with E-state index in [0.717, 1.165) is 0 Å². The molecule has 0 aliphatic heterocycles. The number of nitrogens with zero attached hydrogens (tertiary/aromatic N) is 2. The number of aliphatic hydroxyl groups is 1. The van der Waals surface area contributed by atoms with Crippen molar-refractivity contribution in [2.75, 3.05) is 0 Å². The van der Waals surface area contributed by atoms with Crippen molar-refractivity contribution in [3.05, 3.63) is 66.0 Å². The molecule has 1 atom stereocenters. The molecule has 3 rings (SSSR count). The minimum atomic E-state index is -1.46. The third-order valence-corrected chi connectivity index (χ3v) is 3.88. The molecule has 102 valence electrons. The summed E-state index contributed by atoms with van der Waals surface area (Å²) in [5.74, 6) is 5.80. The molecule has 3 heteroatoms. The quantitative estimate of drug-likeness (QED) is 0.856. The fourth-order valence-electron chi connectivity index (χ4n) is 2.42. The first-order valence-electron chi connectivity index (χ1n) is 6.84. The minimum absolute atomic E-state index is 0.584. The van der Waals surface area contributed by atoms with E-state index in [0.29, 0.717) is 24.1 Å². The Morgan fingerprint density at radius 1 is 1.10 bits per heavy atom. The van der Waals surface area contributed by atoms with E-state index in [1.807, 2.05) is 42.5 Å². The standard InChI is InChI=1S/C18H14N2O/c19-14-17(11-12-17)18(21,15-6-2-1-3-7-15)10-9-16-8-4-5-13-20-16/h1-8,13,21H,11-12H2/t18-/m1/s1. The number of pyridine rings is 1. The van der Waals surface area contributed by atoms with Crippen LogP contribution in [0.4, 0.5) is 0 Å². The van der Waals surface area contributed by atoms with Crippen molar-refractivity contribution >= 4 is 0 Å². The van der Waals surface area contributed by atoms with Gasteiger partial charge < -0.3 is 5.11 Å². The maximum absolute atomic E-state index is 11.1. The number of nitriles is 1. The van der Waals surface area contributed by atoms with Crippen molar-refractivity contribution in [3.8, 4) is 17.9 Å². The van der Waals surface area contributed by atoms with Gasteiger partial charge in [0.2, 0.25) is 0 Å². The summed E-state index contributed by atoms with van der Waals surface area (Å²) in [5.41, 5.74) is -1.02. The Hall–Kier alpha value is -2.62. The molecule has 1 fully saturated rings. The number of rotatable bonds is 2. The van der Waals surface area contributed by atoms with Gasteiger partial charge in [0.25, 0.3) is 0 Å². The van der Waals surface area contributed by atoms with Crippen molar-refractivity contribution in [2.24, 2.45) is 5.41 Å². The van der Waals surface area contributed by atoms with Crippen LogP contribution in [0.1, 0.15) is 24.1 Å². The molecule has 1 aromatic carbocycles. The van der Waals surface area contributed by atoms with Gasteiger partial charge in [0.1, 0.15) is 11.1 Å². The lowest BCUT2D eigenvalue weighted by atomic mass is 9.79. The molecule has 0 bridgehead atoms. The second-order valence-electron chi connectivity index (χ2n) is 5.24. The largest absolute Gasteiger partial charge is 0.372 e. The van der Waals surface area contributed by atoms with Gasteiger partial charge >= 0.3 is 0 Å². The molecular formula is C18H14N2O. The Balaban J connectivity index is 2.07. The van der Waals surface area contributed by atoms with Gasteiger partial charge in [-0.2, -0.15) is 5.26 Å². The van der Waals surface area contributed by atoms with E-state index in [-0.39, 0.29) is 0 Å². The van der Waals surface area contributed by atoms with E-state index in [4.69, 9.17) is 0 Å². The van der Waals surface area contributed by atoms with E-state index < -0.39 is 11.0 Å². The molecule has 0 saturated heterocycles. The summed E-state index contributed by atoms with van der Waals surface area (Å²) >= 11 is 0. The highest BCUT2D eigenvalue weighted by Gasteiger charge is 2.60. The van der Waals surface area contributed by atoms with Crippen LogP contribution in [-0.2, 0) is 5.60 Å². The zero-order valence-electron chi connectivity index (χ0n) is 11.5. The normalized spacial score (nSPS) is 17.7. The number of hydrogen-bond acceptors (Lipinski definition) is 3. The van der Waals surface area contributed by atoms with Crippen molar-refractivity contribution < 1.29 is 5.11 Å². The van der Waals surface area contributed by atoms with Gasteiger partial charge in [-0.3, -0.25) is 0 Å². The Labute approximate surface area is 123 Å². The van der Waals surface area contributed by atoms with Crippen LogP contribution in [-0.4, -0.2) is 10.1 Å². The second-order valence-corrected chi connectivity index (χ2v) is 5.24. The van der Waals surface area contributed by atoms with E-state index in [1.165, 1.54) is 0 Å². The van der Waals surface area contributed by atoms with E-state index in [9.17, 15) is 10.4 Å². The lowest BCUT2D eigenvalue weighted by molar-refractivity contribution is 0.0456. The highest BCUT2D eigenvalue weighted by atomic mass is 16.3. The topological polar surface area (TPSA) is 56.9 Å². The lowest BCUT2D eigenvalue weighted by Gasteiger charge is -2.27. The molecule has 1 aromatic heterocycles. The Morgan fingerprint density at radius 2 is 1.81 bits per heavy atom. The van der Waals surface area contributed by atoms with Crippen molar-refractivity contribution in [1.82, 2.24) is 4.98 Å². The highest BCUT2D eigenvalue weighted by molar-refractivity contribution is 5.44. The zero-order chi connectivity index (χ0) is 14.8. The zero-order valence-corrected chi connectivity index (χ0v) is 11.5. The van der Waals surface area contributed by atoms with Gasteiger partial charge in [-0.1, -0.05) is 42.3 Å². The summed E-state index contributed by atoms with van der Waals surface area (Å²) in [7, 11) is 0. The monoisotopic (exact) mass is 274 g/mol. The van der Waals surface area contributed by atoms with Crippen LogP contribution in [0.2, 0.25) is 0 Å². The second kappa shape index (κ2) is 5.05. The maximum Gasteiger partial charge on any atom is 0.169 e. The van der Waals surface area contributed by atoms with Crippen LogP contribution >= 0.6 is 0 Å². The fraction of sp³-hybridized carbons (Fsp3) is 0.222. The molecule has 0 amide bonds. The third-order valence-electron chi connectivity index (χ3n) is 3.88. The molecule has 21 heavy (non-hydrogen) atoms. The first kappa shape index (κ1) is 13.4. The van der Waals surface area contributed by atoms with Gasteiger partial charge in [-0.05, 0) is 36.5 Å². The highest BCUT2D eigenvalue weighted by Crippen LogP contribution is 2.57. The average molecular weight is 274 g/mol. The first-order valence-corrected chi connectivity index (χ1v) is 6.84. The summed E-state index contributed by atoms with van der Waals surface area (Å²) in [5, 5.41) is 20.6. The Bertz CT molecular complexity index is 734. The van der Waals surface area contributed by atoms with Crippen LogP contribution in [0.5, 0.6) is 0 Å². The third kappa shape index (κ3) is 2.29. The van der Waals surface area contributed by atoms with Gasteiger partial charge in [-0.15, -0.1) is 0 Å². The molecule has 1 aliphatic rings. The van der Waals surface area contributed by atoms with Gasteiger partial charge in [-0.25, -0.2) is 4.98 Å². The molecule has 3 nitrogen and oxygen atoms in total. The van der Waals surface area contributed by atoms with Gasteiger partial charge in [0, 0.05) is 6.20 Å². The molecule has 0 radical (unpaired) electrons. The van der Waals surface area contributed by atoms with Crippen LogP contribution in [0.3, 0.4) is 0 Å². The molecule has 1 aliphatic carbocycles. The predicted molar refractivity (Wildman–Crippen MR) is 78.7 cm³/mol. The van der Waals surface area contributed by atoms with Gasteiger partial charge in [0.15, 0.2) is 5.60 Å². The van der Waals surface area contributed by atoms with Crippen LogP contribution in [0.25, 0.3) is 0 Å². The van der Waals surface area contributed by atoms with Crippen LogP contribution < -0.4 is 0 Å². The van der Waals surface area contributed by atoms with E-state index in [1.54, 1.807) is 12.3 Å². The molecule has 1 saturated carbocycles. The number of aromatic nitrogens is 1.